The highest BCUT2D eigenvalue weighted by Gasteiger charge is 2.48. The van der Waals surface area contributed by atoms with Crippen molar-refractivity contribution in [3.63, 3.8) is 0 Å². The van der Waals surface area contributed by atoms with E-state index in [0.717, 1.165) is 18.6 Å². The van der Waals surface area contributed by atoms with Crippen LogP contribution in [-0.4, -0.2) is 28.5 Å². The molecule has 1 fully saturated rings. The van der Waals surface area contributed by atoms with E-state index in [1.807, 2.05) is 26.0 Å². The number of aliphatic hydroxyl groups is 2. The van der Waals surface area contributed by atoms with Gasteiger partial charge in [0.2, 0.25) is 0 Å². The molecule has 1 saturated carbocycles. The third kappa shape index (κ3) is 4.23. The first-order valence-electron chi connectivity index (χ1n) is 10.3. The molecule has 0 saturated heterocycles. The Labute approximate surface area is 163 Å². The van der Waals surface area contributed by atoms with Gasteiger partial charge in [-0.1, -0.05) is 50.6 Å². The lowest BCUT2D eigenvalue weighted by Gasteiger charge is -2.19. The summed E-state index contributed by atoms with van der Waals surface area (Å²) < 4.78 is 6.29. The largest absolute Gasteiger partial charge is 0.489 e. The highest BCUT2D eigenvalue weighted by atomic mass is 16.5. The normalized spacial score (nSPS) is 28.2. The molecule has 1 aliphatic heterocycles. The van der Waals surface area contributed by atoms with E-state index in [4.69, 9.17) is 4.74 Å². The first-order valence-corrected chi connectivity index (χ1v) is 10.3. The predicted octanol–water partition coefficient (Wildman–Crippen LogP) is 4.22. The summed E-state index contributed by atoms with van der Waals surface area (Å²) in [5, 5.41) is 21.0. The maximum atomic E-state index is 10.6. The maximum Gasteiger partial charge on any atom is 0.126 e. The van der Waals surface area contributed by atoms with Crippen LogP contribution >= 0.6 is 0 Å². The Kier molecular flexibility index (Phi) is 6.63. The molecular weight excluding hydrogens is 336 g/mol. The highest BCUT2D eigenvalue weighted by molar-refractivity contribution is 5.49. The van der Waals surface area contributed by atoms with Crippen molar-refractivity contribution in [3.8, 4) is 17.6 Å². The van der Waals surface area contributed by atoms with Crippen molar-refractivity contribution < 1.29 is 14.9 Å². The molecule has 1 aromatic rings. The molecule has 0 spiro atoms. The third-order valence-corrected chi connectivity index (χ3v) is 6.00. The molecule has 27 heavy (non-hydrogen) atoms. The fraction of sp³-hybridized carbons (Fsp3) is 0.583. The molecule has 3 heteroatoms. The van der Waals surface area contributed by atoms with E-state index in [1.54, 1.807) is 0 Å². The van der Waals surface area contributed by atoms with Crippen molar-refractivity contribution in [3.05, 3.63) is 41.5 Å². The summed E-state index contributed by atoms with van der Waals surface area (Å²) in [5.74, 6) is 7.18. The molecule has 6 atom stereocenters. The number of rotatable bonds is 7. The van der Waals surface area contributed by atoms with Crippen molar-refractivity contribution in [1.29, 1.82) is 0 Å². The maximum absolute atomic E-state index is 10.6. The first-order chi connectivity index (χ1) is 13.1. The van der Waals surface area contributed by atoms with Gasteiger partial charge in [-0.05, 0) is 31.2 Å². The molecule has 0 amide bonds. The average Bonchev–Trinajstić information content (AvgIpc) is 3.17. The van der Waals surface area contributed by atoms with Crippen LogP contribution in [0.25, 0.3) is 0 Å². The molecule has 1 heterocycles. The van der Waals surface area contributed by atoms with Gasteiger partial charge in [0.25, 0.3) is 0 Å². The standard InChI is InChI=1S/C24H32O3/c1-4-6-9-16(3)20(25)14-13-18-21(26)15-22-23(18)19-12-8-11-17(10-7-5-2)24(19)27-22/h8,11-14,16,18,20-23,25-26H,5,7,9-10,15H2,1-3H3/t16?,18-,20+,21+,22-,23-/m0/s1. The number of benzene rings is 1. The molecule has 1 aliphatic carbocycles. The molecule has 1 unspecified atom stereocenters. The van der Waals surface area contributed by atoms with Gasteiger partial charge in [0.1, 0.15) is 11.9 Å². The van der Waals surface area contributed by atoms with E-state index in [1.165, 1.54) is 17.5 Å². The number of hydrogen-bond acceptors (Lipinski definition) is 3. The number of fused-ring (bicyclic) bond motifs is 3. The molecule has 0 aromatic heterocycles. The van der Waals surface area contributed by atoms with E-state index < -0.39 is 12.2 Å². The van der Waals surface area contributed by atoms with Crippen LogP contribution in [0.4, 0.5) is 0 Å². The predicted molar refractivity (Wildman–Crippen MR) is 109 cm³/mol. The summed E-state index contributed by atoms with van der Waals surface area (Å²) in [6.45, 7) is 6.02. The fourth-order valence-corrected chi connectivity index (χ4v) is 4.35. The molecule has 0 bridgehead atoms. The summed E-state index contributed by atoms with van der Waals surface area (Å²) in [6.07, 6.45) is 7.60. The lowest BCUT2D eigenvalue weighted by molar-refractivity contribution is 0.134. The van der Waals surface area contributed by atoms with Crippen LogP contribution < -0.4 is 4.74 Å². The number of hydrogen-bond donors (Lipinski definition) is 2. The van der Waals surface area contributed by atoms with Crippen LogP contribution in [0.3, 0.4) is 0 Å². The minimum atomic E-state index is -0.546. The Morgan fingerprint density at radius 1 is 1.37 bits per heavy atom. The summed E-state index contributed by atoms with van der Waals surface area (Å²) in [5.41, 5.74) is 2.51. The molecule has 3 rings (SSSR count). The van der Waals surface area contributed by atoms with Crippen LogP contribution in [0.2, 0.25) is 0 Å². The number of aliphatic hydroxyl groups excluding tert-OH is 2. The van der Waals surface area contributed by atoms with Gasteiger partial charge in [0, 0.05) is 30.2 Å². The Bertz CT molecular complexity index is 727. The van der Waals surface area contributed by atoms with Gasteiger partial charge in [0.15, 0.2) is 0 Å². The zero-order valence-electron chi connectivity index (χ0n) is 16.7. The molecule has 2 aliphatic rings. The minimum Gasteiger partial charge on any atom is -0.489 e. The van der Waals surface area contributed by atoms with Crippen molar-refractivity contribution in [2.45, 2.75) is 77.1 Å². The monoisotopic (exact) mass is 368 g/mol. The van der Waals surface area contributed by atoms with Crippen LogP contribution in [0, 0.1) is 23.7 Å². The number of ether oxygens (including phenoxy) is 1. The van der Waals surface area contributed by atoms with Gasteiger partial charge >= 0.3 is 0 Å². The zero-order valence-corrected chi connectivity index (χ0v) is 16.7. The lowest BCUT2D eigenvalue weighted by Crippen LogP contribution is -2.19. The Balaban J connectivity index is 1.77. The van der Waals surface area contributed by atoms with Crippen LogP contribution in [0.1, 0.15) is 63.5 Å². The van der Waals surface area contributed by atoms with Gasteiger partial charge in [0.05, 0.1) is 12.2 Å². The second-order valence-electron chi connectivity index (χ2n) is 7.99. The zero-order chi connectivity index (χ0) is 19.4. The van der Waals surface area contributed by atoms with E-state index in [2.05, 4.69) is 37.0 Å². The summed E-state index contributed by atoms with van der Waals surface area (Å²) in [6, 6.07) is 6.42. The van der Waals surface area contributed by atoms with E-state index in [9.17, 15) is 10.2 Å². The average molecular weight is 369 g/mol. The van der Waals surface area contributed by atoms with Gasteiger partial charge in [-0.25, -0.2) is 0 Å². The second-order valence-corrected chi connectivity index (χ2v) is 7.99. The quantitative estimate of drug-likeness (QED) is 0.560. The number of unbranched alkanes of at least 4 members (excludes halogenated alkanes) is 1. The Hall–Kier alpha value is -1.76. The highest BCUT2D eigenvalue weighted by Crippen LogP contribution is 2.52. The van der Waals surface area contributed by atoms with E-state index >= 15 is 0 Å². The first kappa shape index (κ1) is 20.0. The van der Waals surface area contributed by atoms with Crippen molar-refractivity contribution in [2.75, 3.05) is 0 Å². The molecule has 146 valence electrons. The van der Waals surface area contributed by atoms with Crippen molar-refractivity contribution in [2.24, 2.45) is 11.8 Å². The van der Waals surface area contributed by atoms with Gasteiger partial charge < -0.3 is 14.9 Å². The topological polar surface area (TPSA) is 49.7 Å². The van der Waals surface area contributed by atoms with E-state index in [0.29, 0.717) is 12.8 Å². The van der Waals surface area contributed by atoms with Gasteiger partial charge in [-0.2, -0.15) is 0 Å². The fourth-order valence-electron chi connectivity index (χ4n) is 4.35. The Morgan fingerprint density at radius 3 is 2.93 bits per heavy atom. The van der Waals surface area contributed by atoms with Crippen molar-refractivity contribution >= 4 is 0 Å². The minimum absolute atomic E-state index is 0.0169. The molecule has 3 nitrogen and oxygen atoms in total. The van der Waals surface area contributed by atoms with E-state index in [-0.39, 0.29) is 23.9 Å². The smallest absolute Gasteiger partial charge is 0.126 e. The van der Waals surface area contributed by atoms with Crippen LogP contribution in [0.5, 0.6) is 5.75 Å². The number of aryl methyl sites for hydroxylation is 1. The van der Waals surface area contributed by atoms with Gasteiger partial charge in [-0.3, -0.25) is 0 Å². The molecule has 2 N–H and O–H groups in total. The number of para-hydroxylation sites is 1. The molecule has 1 aromatic carbocycles. The van der Waals surface area contributed by atoms with Crippen LogP contribution in [-0.2, 0) is 6.42 Å². The lowest BCUT2D eigenvalue weighted by atomic mass is 9.86. The van der Waals surface area contributed by atoms with Crippen LogP contribution in [0.15, 0.2) is 30.4 Å². The SMILES string of the molecule is CC#CCC(C)[C@H](O)C=C[C@@H]1[C@H]2c3cccc(CCCC)c3O[C@H]2C[C@H]1O. The van der Waals surface area contributed by atoms with Crippen molar-refractivity contribution in [1.82, 2.24) is 0 Å². The summed E-state index contributed by atoms with van der Waals surface area (Å²) >= 11 is 0. The molecular formula is C24H32O3. The summed E-state index contributed by atoms with van der Waals surface area (Å²) in [4.78, 5) is 0. The third-order valence-electron chi connectivity index (χ3n) is 6.00. The Morgan fingerprint density at radius 2 is 2.19 bits per heavy atom. The summed E-state index contributed by atoms with van der Waals surface area (Å²) in [7, 11) is 0. The molecule has 0 radical (unpaired) electrons. The van der Waals surface area contributed by atoms with Gasteiger partial charge in [-0.15, -0.1) is 11.8 Å². The second kappa shape index (κ2) is 8.95.